The van der Waals surface area contributed by atoms with Crippen LogP contribution in [0.1, 0.15) is 50.7 Å². The molecule has 0 spiro atoms. The van der Waals surface area contributed by atoms with Crippen molar-refractivity contribution in [2.45, 2.75) is 58.3 Å². The minimum absolute atomic E-state index is 0.104. The number of nitrogens with one attached hydrogen (secondary N) is 1. The van der Waals surface area contributed by atoms with Crippen LogP contribution in [0.2, 0.25) is 0 Å². The first-order valence-electron chi connectivity index (χ1n) is 7.26. The molecule has 0 radical (unpaired) electrons. The predicted octanol–water partition coefficient (Wildman–Crippen LogP) is 4.90. The Bertz CT molecular complexity index is 494. The first kappa shape index (κ1) is 16.3. The summed E-state index contributed by atoms with van der Waals surface area (Å²) in [4.78, 5) is 0. The predicted molar refractivity (Wildman–Crippen MR) is 74.3 cm³/mol. The van der Waals surface area contributed by atoms with Crippen LogP contribution < -0.4 is 5.32 Å². The van der Waals surface area contributed by atoms with Crippen LogP contribution in [0.25, 0.3) is 0 Å². The van der Waals surface area contributed by atoms with E-state index in [0.717, 1.165) is 31.7 Å². The van der Waals surface area contributed by atoms with Gasteiger partial charge in [-0.15, -0.1) is 0 Å². The van der Waals surface area contributed by atoms with Crippen LogP contribution in [0.4, 0.5) is 17.6 Å². The van der Waals surface area contributed by atoms with E-state index in [2.05, 4.69) is 19.2 Å². The summed E-state index contributed by atoms with van der Waals surface area (Å²) in [5, 5.41) is 3.20. The molecule has 0 bridgehead atoms. The van der Waals surface area contributed by atoms with Gasteiger partial charge < -0.3 is 5.32 Å². The number of hydrogen-bond donors (Lipinski definition) is 1. The highest BCUT2D eigenvalue weighted by Crippen LogP contribution is 2.36. The second kappa shape index (κ2) is 5.95. The highest BCUT2D eigenvalue weighted by atomic mass is 19.4. The minimum atomic E-state index is -4.52. The quantitative estimate of drug-likeness (QED) is 0.783. The summed E-state index contributed by atoms with van der Waals surface area (Å²) in [5.41, 5.74) is -0.552. The van der Waals surface area contributed by atoms with Crippen LogP contribution in [0.15, 0.2) is 18.2 Å². The molecule has 0 aliphatic heterocycles. The van der Waals surface area contributed by atoms with Crippen molar-refractivity contribution in [2.75, 3.05) is 0 Å². The molecule has 0 aromatic heterocycles. The lowest BCUT2D eigenvalue weighted by molar-refractivity contribution is -0.138. The zero-order chi connectivity index (χ0) is 15.7. The van der Waals surface area contributed by atoms with Gasteiger partial charge in [-0.2, -0.15) is 13.2 Å². The van der Waals surface area contributed by atoms with Crippen LogP contribution in [-0.4, -0.2) is 6.04 Å². The van der Waals surface area contributed by atoms with Gasteiger partial charge in [0.1, 0.15) is 5.82 Å². The summed E-state index contributed by atoms with van der Waals surface area (Å²) in [5.74, 6) is -0.857. The van der Waals surface area contributed by atoms with E-state index in [0.29, 0.717) is 6.07 Å². The summed E-state index contributed by atoms with van der Waals surface area (Å²) >= 11 is 0. The molecule has 1 unspecified atom stereocenters. The van der Waals surface area contributed by atoms with Crippen LogP contribution in [0, 0.1) is 11.2 Å². The number of alkyl halides is 3. The topological polar surface area (TPSA) is 12.0 Å². The number of benzene rings is 1. The van der Waals surface area contributed by atoms with Crippen LogP contribution in [0.3, 0.4) is 0 Å². The van der Waals surface area contributed by atoms with E-state index in [1.807, 2.05) is 0 Å². The van der Waals surface area contributed by atoms with Gasteiger partial charge in [-0.25, -0.2) is 4.39 Å². The lowest BCUT2D eigenvalue weighted by Gasteiger charge is -2.35. The molecular formula is C16H21F4N. The molecule has 1 aromatic rings. The molecule has 21 heavy (non-hydrogen) atoms. The fourth-order valence-electron chi connectivity index (χ4n) is 3.09. The fraction of sp³-hybridized carbons (Fsp3) is 0.625. The first-order chi connectivity index (χ1) is 9.67. The Morgan fingerprint density at radius 3 is 2.62 bits per heavy atom. The van der Waals surface area contributed by atoms with Gasteiger partial charge in [-0.1, -0.05) is 26.3 Å². The Labute approximate surface area is 122 Å². The Kier molecular flexibility index (Phi) is 4.61. The van der Waals surface area contributed by atoms with Gasteiger partial charge in [0.15, 0.2) is 0 Å². The van der Waals surface area contributed by atoms with Crippen LogP contribution in [0.5, 0.6) is 0 Å². The lowest BCUT2D eigenvalue weighted by atomic mass is 9.75. The van der Waals surface area contributed by atoms with Crippen molar-refractivity contribution in [2.24, 2.45) is 5.41 Å². The van der Waals surface area contributed by atoms with Gasteiger partial charge >= 0.3 is 6.18 Å². The van der Waals surface area contributed by atoms with Crippen LogP contribution in [-0.2, 0) is 12.7 Å². The summed E-state index contributed by atoms with van der Waals surface area (Å²) in [6.45, 7) is 4.48. The molecule has 0 amide bonds. The van der Waals surface area contributed by atoms with E-state index in [1.54, 1.807) is 0 Å². The summed E-state index contributed by atoms with van der Waals surface area (Å²) in [6, 6.07) is 3.10. The summed E-state index contributed by atoms with van der Waals surface area (Å²) < 4.78 is 51.8. The van der Waals surface area contributed by atoms with Crippen molar-refractivity contribution < 1.29 is 17.6 Å². The van der Waals surface area contributed by atoms with Crippen molar-refractivity contribution in [3.63, 3.8) is 0 Å². The van der Waals surface area contributed by atoms with Crippen LogP contribution >= 0.6 is 0 Å². The largest absolute Gasteiger partial charge is 0.416 e. The normalized spacial score (nSPS) is 22.3. The van der Waals surface area contributed by atoms with Crippen molar-refractivity contribution in [1.29, 1.82) is 0 Å². The first-order valence-corrected chi connectivity index (χ1v) is 7.26. The highest BCUT2D eigenvalue weighted by molar-refractivity contribution is 5.30. The highest BCUT2D eigenvalue weighted by Gasteiger charge is 2.34. The van der Waals surface area contributed by atoms with Crippen molar-refractivity contribution >= 4 is 0 Å². The zero-order valence-corrected chi connectivity index (χ0v) is 12.4. The monoisotopic (exact) mass is 303 g/mol. The third-order valence-corrected chi connectivity index (χ3v) is 4.16. The molecule has 1 N–H and O–H groups in total. The smallest absolute Gasteiger partial charge is 0.310 e. The molecule has 1 atom stereocenters. The maximum absolute atomic E-state index is 13.1. The molecule has 1 nitrogen and oxygen atoms in total. The maximum Gasteiger partial charge on any atom is 0.416 e. The lowest BCUT2D eigenvalue weighted by Crippen LogP contribution is -2.37. The maximum atomic E-state index is 13.1. The Morgan fingerprint density at radius 2 is 2.00 bits per heavy atom. The fourth-order valence-corrected chi connectivity index (χ4v) is 3.09. The Hall–Kier alpha value is -1.10. The Morgan fingerprint density at radius 1 is 1.29 bits per heavy atom. The average Bonchev–Trinajstić information content (AvgIpc) is 2.35. The molecule has 1 aliphatic carbocycles. The van der Waals surface area contributed by atoms with Gasteiger partial charge in [-0.3, -0.25) is 0 Å². The van der Waals surface area contributed by atoms with E-state index < -0.39 is 17.6 Å². The molecule has 0 saturated heterocycles. The van der Waals surface area contributed by atoms with Crippen molar-refractivity contribution in [1.82, 2.24) is 5.32 Å². The van der Waals surface area contributed by atoms with E-state index in [4.69, 9.17) is 0 Å². The molecule has 118 valence electrons. The standard InChI is InChI=1S/C16H21F4N/c1-15(2)7-3-4-13(9-15)21-10-11-5-6-12(17)8-14(11)16(18,19)20/h5-6,8,13,21H,3-4,7,9-10H2,1-2H3. The van der Waals surface area contributed by atoms with Crippen molar-refractivity contribution in [3.8, 4) is 0 Å². The zero-order valence-electron chi connectivity index (χ0n) is 12.4. The average molecular weight is 303 g/mol. The van der Waals surface area contributed by atoms with E-state index in [9.17, 15) is 17.6 Å². The second-order valence-corrected chi connectivity index (χ2v) is 6.64. The van der Waals surface area contributed by atoms with Gasteiger partial charge in [-0.05, 0) is 42.4 Å². The number of hydrogen-bond acceptors (Lipinski definition) is 1. The third-order valence-electron chi connectivity index (χ3n) is 4.16. The van der Waals surface area contributed by atoms with Gasteiger partial charge in [0.05, 0.1) is 5.56 Å². The van der Waals surface area contributed by atoms with E-state index in [1.165, 1.54) is 6.07 Å². The molecular weight excluding hydrogens is 282 g/mol. The SMILES string of the molecule is CC1(C)CCCC(NCc2ccc(F)cc2C(F)(F)F)C1. The molecule has 0 heterocycles. The molecule has 1 saturated carbocycles. The second-order valence-electron chi connectivity index (χ2n) is 6.64. The molecule has 5 heteroatoms. The molecule has 1 fully saturated rings. The van der Waals surface area contributed by atoms with Gasteiger partial charge in [0.2, 0.25) is 0 Å². The minimum Gasteiger partial charge on any atom is -0.310 e. The molecule has 1 aromatic carbocycles. The summed E-state index contributed by atoms with van der Waals surface area (Å²) in [7, 11) is 0. The van der Waals surface area contributed by atoms with E-state index in [-0.39, 0.29) is 23.6 Å². The van der Waals surface area contributed by atoms with Gasteiger partial charge in [0.25, 0.3) is 0 Å². The number of rotatable bonds is 3. The van der Waals surface area contributed by atoms with Crippen molar-refractivity contribution in [3.05, 3.63) is 35.1 Å². The number of halogens is 4. The molecule has 2 rings (SSSR count). The Balaban J connectivity index is 2.06. The molecule has 1 aliphatic rings. The summed E-state index contributed by atoms with van der Waals surface area (Å²) in [6.07, 6.45) is -0.359. The third kappa shape index (κ3) is 4.43. The van der Waals surface area contributed by atoms with Gasteiger partial charge in [0, 0.05) is 12.6 Å². The van der Waals surface area contributed by atoms with E-state index >= 15 is 0 Å².